The number of rotatable bonds is 18. The first kappa shape index (κ1) is 50.5. The molecule has 4 amide bonds. The molecule has 0 saturated heterocycles. The Hall–Kier alpha value is -4.50. The fourth-order valence-electron chi connectivity index (χ4n) is 12.8. The molecule has 0 aromatic rings. The third kappa shape index (κ3) is 14.8. The van der Waals surface area contributed by atoms with Crippen molar-refractivity contribution >= 4 is 36.3 Å². The van der Waals surface area contributed by atoms with Crippen LogP contribution < -0.4 is 21.3 Å². The molecule has 64 heavy (non-hydrogen) atoms. The van der Waals surface area contributed by atoms with Crippen LogP contribution in [0.1, 0.15) is 120 Å². The summed E-state index contributed by atoms with van der Waals surface area (Å²) in [6.45, 7) is 24.2. The van der Waals surface area contributed by atoms with Crippen molar-refractivity contribution in [1.29, 1.82) is 0 Å². The SMILES string of the molecule is C=C(C)C(=O)OCCOC(=O)NCC1CC(C)(C)CC(C)(NC(=O)OCC2CC3C4CC(COC(=O)NC5(C)CC(CNC(=O)OCCOC(=O)C(=C)C)CC(C)(C)C5)C(C4)C3C2)C1. The van der Waals surface area contributed by atoms with E-state index in [9.17, 15) is 28.8 Å². The minimum atomic E-state index is -0.584. The first-order valence-corrected chi connectivity index (χ1v) is 23.3. The first-order chi connectivity index (χ1) is 29.9. The predicted octanol–water partition coefficient (Wildman–Crippen LogP) is 7.60. The summed E-state index contributed by atoms with van der Waals surface area (Å²) in [7, 11) is 0. The molecular weight excluding hydrogens is 825 g/mol. The maximum Gasteiger partial charge on any atom is 0.407 e. The lowest BCUT2D eigenvalue weighted by Gasteiger charge is -2.46. The largest absolute Gasteiger partial charge is 0.459 e. The lowest BCUT2D eigenvalue weighted by Crippen LogP contribution is -2.54. The van der Waals surface area contributed by atoms with Gasteiger partial charge in [-0.3, -0.25) is 0 Å². The molecular formula is C48H76N4O12. The number of carbonyl (C=O) groups excluding carboxylic acids is 6. The molecule has 5 aliphatic carbocycles. The Bertz CT molecular complexity index is 1750. The van der Waals surface area contributed by atoms with E-state index in [1.54, 1.807) is 13.8 Å². The summed E-state index contributed by atoms with van der Waals surface area (Å²) in [5, 5.41) is 12.0. The summed E-state index contributed by atoms with van der Waals surface area (Å²) in [5.74, 6) is 2.00. The molecule has 0 aliphatic heterocycles. The summed E-state index contributed by atoms with van der Waals surface area (Å²) < 4.78 is 32.1. The summed E-state index contributed by atoms with van der Waals surface area (Å²) >= 11 is 0. The van der Waals surface area contributed by atoms with E-state index in [1.807, 2.05) is 13.8 Å². The van der Waals surface area contributed by atoms with Gasteiger partial charge in [0.2, 0.25) is 0 Å². The Morgan fingerprint density at radius 3 is 1.41 bits per heavy atom. The minimum Gasteiger partial charge on any atom is -0.459 e. The van der Waals surface area contributed by atoms with Crippen LogP contribution in [-0.4, -0.2) is 100 Å². The zero-order chi connectivity index (χ0) is 47.0. The van der Waals surface area contributed by atoms with E-state index in [0.717, 1.165) is 51.4 Å². The molecule has 0 radical (unpaired) electrons. The molecule has 16 nitrogen and oxygen atoms in total. The van der Waals surface area contributed by atoms with Gasteiger partial charge in [0, 0.05) is 35.3 Å². The molecule has 0 heterocycles. The van der Waals surface area contributed by atoms with Gasteiger partial charge >= 0.3 is 36.3 Å². The average molecular weight is 901 g/mol. The van der Waals surface area contributed by atoms with Gasteiger partial charge in [-0.25, -0.2) is 28.8 Å². The molecule has 4 N–H and O–H groups in total. The third-order valence-electron chi connectivity index (χ3n) is 14.2. The Kier molecular flexibility index (Phi) is 16.7. The highest BCUT2D eigenvalue weighted by molar-refractivity contribution is 5.87. The Morgan fingerprint density at radius 2 is 0.938 bits per heavy atom. The number of carbonyl (C=O) groups is 6. The van der Waals surface area contributed by atoms with Crippen molar-refractivity contribution in [3.8, 4) is 0 Å². The fraction of sp³-hybridized carbons (Fsp3) is 0.792. The van der Waals surface area contributed by atoms with Crippen LogP contribution in [-0.2, 0) is 38.0 Å². The number of nitrogens with one attached hydrogen (secondary N) is 4. The smallest absolute Gasteiger partial charge is 0.407 e. The predicted molar refractivity (Wildman–Crippen MR) is 238 cm³/mol. The van der Waals surface area contributed by atoms with Gasteiger partial charge in [-0.1, -0.05) is 40.9 Å². The van der Waals surface area contributed by atoms with Crippen LogP contribution in [0.3, 0.4) is 0 Å². The van der Waals surface area contributed by atoms with Crippen LogP contribution in [0.25, 0.3) is 0 Å². The van der Waals surface area contributed by atoms with Crippen LogP contribution in [0.5, 0.6) is 0 Å². The first-order valence-electron chi connectivity index (χ1n) is 23.3. The molecule has 360 valence electrons. The van der Waals surface area contributed by atoms with Crippen LogP contribution in [0, 0.1) is 58.2 Å². The number of amides is 4. The van der Waals surface area contributed by atoms with Gasteiger partial charge in [-0.05, 0) is 150 Å². The number of alkyl carbamates (subject to hydrolysis) is 4. The van der Waals surface area contributed by atoms with E-state index in [-0.39, 0.29) is 60.2 Å². The fourth-order valence-corrected chi connectivity index (χ4v) is 12.8. The van der Waals surface area contributed by atoms with Crippen molar-refractivity contribution in [1.82, 2.24) is 21.3 Å². The van der Waals surface area contributed by atoms with Gasteiger partial charge in [0.15, 0.2) is 0 Å². The molecule has 16 heteroatoms. The zero-order valence-corrected chi connectivity index (χ0v) is 39.7. The van der Waals surface area contributed by atoms with E-state index in [2.05, 4.69) is 62.1 Å². The molecule has 5 aliphatic rings. The standard InChI is InChI=1S/C48H76N4O12/c1-29(2)39(53)59-11-13-61-41(55)49-23-32-19-45(5,6)27-47(9,21-32)51-43(57)63-25-31-15-36-34-17-35(37(18-34)38(36)16-31)26-64-44(58)52-48(10)22-33(20-46(7,8)28-48)24-50-42(56)62-14-12-60-40(54)30(3)4/h31-38H,1,3,11-28H2,2,4-10H3,(H,49,55)(H,50,56)(H,51,57)(H,52,58). The molecule has 0 aromatic carbocycles. The lowest BCUT2D eigenvalue weighted by atomic mass is 9.64. The van der Waals surface area contributed by atoms with Crippen LogP contribution in [0.2, 0.25) is 0 Å². The Labute approximate surface area is 379 Å². The summed E-state index contributed by atoms with van der Waals surface area (Å²) in [5.41, 5.74) is -0.619. The topological polar surface area (TPSA) is 206 Å². The van der Waals surface area contributed by atoms with E-state index >= 15 is 0 Å². The van der Waals surface area contributed by atoms with Gasteiger partial charge in [-0.2, -0.15) is 0 Å². The second kappa shape index (κ2) is 21.2. The van der Waals surface area contributed by atoms with Crippen molar-refractivity contribution in [3.05, 3.63) is 24.3 Å². The summed E-state index contributed by atoms with van der Waals surface area (Å²) in [6, 6.07) is 0. The van der Waals surface area contributed by atoms with E-state index in [0.29, 0.717) is 74.7 Å². The lowest BCUT2D eigenvalue weighted by molar-refractivity contribution is -0.140. The molecule has 0 spiro atoms. The number of hydrogen-bond donors (Lipinski definition) is 4. The second-order valence-electron chi connectivity index (χ2n) is 22.0. The highest BCUT2D eigenvalue weighted by atomic mass is 16.6. The summed E-state index contributed by atoms with van der Waals surface area (Å²) in [4.78, 5) is 74.3. The molecule has 10 atom stereocenters. The van der Waals surface area contributed by atoms with Gasteiger partial charge in [0.05, 0.1) is 13.2 Å². The molecule has 10 unspecified atom stereocenters. The highest BCUT2D eigenvalue weighted by Gasteiger charge is 2.56. The molecule has 5 fully saturated rings. The van der Waals surface area contributed by atoms with Crippen molar-refractivity contribution in [2.75, 3.05) is 52.7 Å². The maximum atomic E-state index is 13.3. The second-order valence-corrected chi connectivity index (χ2v) is 22.0. The average Bonchev–Trinajstić information content (AvgIpc) is 3.89. The van der Waals surface area contributed by atoms with Crippen molar-refractivity contribution in [2.24, 2.45) is 58.2 Å². The van der Waals surface area contributed by atoms with Crippen molar-refractivity contribution < 1.29 is 57.2 Å². The molecule has 0 aromatic heterocycles. The highest BCUT2D eigenvalue weighted by Crippen LogP contribution is 2.62. The molecule has 5 saturated carbocycles. The number of hydrogen-bond acceptors (Lipinski definition) is 12. The number of fused-ring (bicyclic) bond motifs is 5. The summed E-state index contributed by atoms with van der Waals surface area (Å²) in [6.07, 6.45) is 6.91. The van der Waals surface area contributed by atoms with E-state index in [1.165, 1.54) is 0 Å². The van der Waals surface area contributed by atoms with Crippen molar-refractivity contribution in [2.45, 2.75) is 131 Å². The Morgan fingerprint density at radius 1 is 0.500 bits per heavy atom. The van der Waals surface area contributed by atoms with Crippen LogP contribution >= 0.6 is 0 Å². The van der Waals surface area contributed by atoms with Gasteiger partial charge < -0.3 is 49.7 Å². The maximum absolute atomic E-state index is 13.3. The van der Waals surface area contributed by atoms with Gasteiger partial charge in [-0.15, -0.1) is 0 Å². The molecule has 5 rings (SSSR count). The third-order valence-corrected chi connectivity index (χ3v) is 14.2. The number of esters is 2. The zero-order valence-electron chi connectivity index (χ0n) is 39.7. The van der Waals surface area contributed by atoms with E-state index in [4.69, 9.17) is 28.4 Å². The Balaban J connectivity index is 1.000. The van der Waals surface area contributed by atoms with Crippen LogP contribution in [0.4, 0.5) is 19.2 Å². The normalized spacial score (nSPS) is 31.9. The monoisotopic (exact) mass is 901 g/mol. The minimum absolute atomic E-state index is 0.0494. The van der Waals surface area contributed by atoms with Crippen molar-refractivity contribution in [3.63, 3.8) is 0 Å². The number of ether oxygens (including phenoxy) is 6. The van der Waals surface area contributed by atoms with E-state index < -0.39 is 47.4 Å². The quantitative estimate of drug-likeness (QED) is 0.0454. The molecule has 2 bridgehead atoms. The van der Waals surface area contributed by atoms with Gasteiger partial charge in [0.1, 0.15) is 26.4 Å². The van der Waals surface area contributed by atoms with Crippen LogP contribution in [0.15, 0.2) is 24.3 Å². The van der Waals surface area contributed by atoms with Gasteiger partial charge in [0.25, 0.3) is 0 Å².